The number of ether oxygens (including phenoxy) is 1. The molecule has 11 heteroatoms. The molecular formula is C26H30ClN7O3. The number of likely N-dealkylation sites (N-methyl/N-ethyl adjacent to an activating group) is 1. The van der Waals surface area contributed by atoms with Gasteiger partial charge in [-0.2, -0.15) is 0 Å². The number of nitrogens with zero attached hydrogens (tertiary/aromatic N) is 5. The van der Waals surface area contributed by atoms with Crippen LogP contribution in [-0.2, 0) is 5.41 Å². The third-order valence-corrected chi connectivity index (χ3v) is 5.70. The number of amides is 2. The van der Waals surface area contributed by atoms with Crippen LogP contribution in [0.25, 0.3) is 16.9 Å². The lowest BCUT2D eigenvalue weighted by Gasteiger charge is -2.12. The highest BCUT2D eigenvalue weighted by Gasteiger charge is 2.20. The van der Waals surface area contributed by atoms with Crippen LogP contribution >= 0.6 is 11.6 Å². The molecule has 0 atom stereocenters. The molecule has 0 saturated carbocycles. The van der Waals surface area contributed by atoms with E-state index in [1.165, 1.54) is 0 Å². The molecule has 4 rings (SSSR count). The van der Waals surface area contributed by atoms with E-state index in [4.69, 9.17) is 20.9 Å². The molecular weight excluding hydrogens is 494 g/mol. The number of rotatable bonds is 8. The standard InChI is InChI=1S/C26H30ClN7O3/c1-26(2,3)23-15-24(31-37-23)29-25(35)28-18-8-6-17(7-9-18)21-16-34(32-30-21)22-11-10-19(14-20(22)27)36-13-12-33(4)5/h6-11,14-16H,12-13H2,1-5H3,(H2,28,29,31,35). The van der Waals surface area contributed by atoms with Crippen molar-refractivity contribution in [2.75, 3.05) is 37.9 Å². The predicted molar refractivity (Wildman–Crippen MR) is 144 cm³/mol. The lowest BCUT2D eigenvalue weighted by molar-refractivity contribution is 0.261. The van der Waals surface area contributed by atoms with Crippen molar-refractivity contribution in [2.45, 2.75) is 26.2 Å². The lowest BCUT2D eigenvalue weighted by Crippen LogP contribution is -2.19. The van der Waals surface area contributed by atoms with Gasteiger partial charge in [-0.3, -0.25) is 5.32 Å². The zero-order valence-electron chi connectivity index (χ0n) is 21.4. The molecule has 10 nitrogen and oxygen atoms in total. The molecule has 2 N–H and O–H groups in total. The lowest BCUT2D eigenvalue weighted by atomic mass is 9.93. The van der Waals surface area contributed by atoms with Crippen molar-refractivity contribution in [1.82, 2.24) is 25.1 Å². The smallest absolute Gasteiger partial charge is 0.324 e. The number of benzene rings is 2. The first-order chi connectivity index (χ1) is 17.6. The second-order valence-electron chi connectivity index (χ2n) is 9.80. The van der Waals surface area contributed by atoms with Crippen LogP contribution in [0.5, 0.6) is 5.75 Å². The number of carbonyl (C=O) groups excluding carboxylic acids is 1. The average Bonchev–Trinajstić information content (AvgIpc) is 3.49. The Morgan fingerprint density at radius 2 is 1.86 bits per heavy atom. The Morgan fingerprint density at radius 3 is 2.51 bits per heavy atom. The summed E-state index contributed by atoms with van der Waals surface area (Å²) in [5.41, 5.74) is 2.61. The maximum Gasteiger partial charge on any atom is 0.324 e. The second-order valence-corrected chi connectivity index (χ2v) is 10.2. The summed E-state index contributed by atoms with van der Waals surface area (Å²) in [7, 11) is 3.98. The summed E-state index contributed by atoms with van der Waals surface area (Å²) in [6.07, 6.45) is 1.79. The summed E-state index contributed by atoms with van der Waals surface area (Å²) in [5, 5.41) is 18.3. The van der Waals surface area contributed by atoms with Crippen LogP contribution in [0.3, 0.4) is 0 Å². The van der Waals surface area contributed by atoms with Gasteiger partial charge >= 0.3 is 6.03 Å². The van der Waals surface area contributed by atoms with Gasteiger partial charge in [0.15, 0.2) is 5.82 Å². The topological polar surface area (TPSA) is 110 Å². The van der Waals surface area contributed by atoms with E-state index >= 15 is 0 Å². The van der Waals surface area contributed by atoms with Crippen molar-refractivity contribution in [1.29, 1.82) is 0 Å². The third kappa shape index (κ3) is 6.87. The number of nitrogens with one attached hydrogen (secondary N) is 2. The van der Waals surface area contributed by atoms with E-state index in [9.17, 15) is 4.79 Å². The van der Waals surface area contributed by atoms with Gasteiger partial charge in [-0.25, -0.2) is 9.48 Å². The Kier molecular flexibility index (Phi) is 7.80. The maximum atomic E-state index is 12.3. The highest BCUT2D eigenvalue weighted by atomic mass is 35.5. The van der Waals surface area contributed by atoms with Gasteiger partial charge in [-0.15, -0.1) is 5.10 Å². The van der Waals surface area contributed by atoms with Gasteiger partial charge in [0.05, 0.1) is 16.9 Å². The molecule has 194 valence electrons. The van der Waals surface area contributed by atoms with Crippen molar-refractivity contribution in [3.8, 4) is 22.7 Å². The zero-order valence-corrected chi connectivity index (χ0v) is 22.2. The van der Waals surface area contributed by atoms with Gasteiger partial charge in [0, 0.05) is 35.3 Å². The molecule has 0 fully saturated rings. The Bertz CT molecular complexity index is 1360. The molecule has 2 aromatic carbocycles. The van der Waals surface area contributed by atoms with Crippen molar-refractivity contribution in [3.63, 3.8) is 0 Å². The normalized spacial score (nSPS) is 11.5. The number of anilines is 2. The van der Waals surface area contributed by atoms with Gasteiger partial charge in [0.25, 0.3) is 0 Å². The summed E-state index contributed by atoms with van der Waals surface area (Å²) in [4.78, 5) is 14.4. The Labute approximate surface area is 220 Å². The molecule has 0 unspecified atom stereocenters. The summed E-state index contributed by atoms with van der Waals surface area (Å²) in [6.45, 7) is 7.40. The van der Waals surface area contributed by atoms with Crippen LogP contribution in [-0.4, -0.2) is 58.3 Å². The highest BCUT2D eigenvalue weighted by Crippen LogP contribution is 2.27. The molecule has 0 saturated heterocycles. The van der Waals surface area contributed by atoms with Crippen molar-refractivity contribution >= 4 is 29.1 Å². The molecule has 2 aromatic heterocycles. The minimum absolute atomic E-state index is 0.198. The quantitative estimate of drug-likeness (QED) is 0.315. The fraction of sp³-hybridized carbons (Fsp3) is 0.308. The second kappa shape index (κ2) is 11.0. The monoisotopic (exact) mass is 523 g/mol. The minimum atomic E-state index is -0.420. The van der Waals surface area contributed by atoms with E-state index < -0.39 is 6.03 Å². The van der Waals surface area contributed by atoms with E-state index in [1.54, 1.807) is 35.1 Å². The number of hydrogen-bond acceptors (Lipinski definition) is 7. The highest BCUT2D eigenvalue weighted by molar-refractivity contribution is 6.32. The molecule has 0 bridgehead atoms. The SMILES string of the molecule is CN(C)CCOc1ccc(-n2cc(-c3ccc(NC(=O)Nc4cc(C(C)(C)C)on4)cc3)nn2)c(Cl)c1. The fourth-order valence-electron chi connectivity index (χ4n) is 3.31. The molecule has 0 aliphatic heterocycles. The van der Waals surface area contributed by atoms with E-state index in [1.807, 2.05) is 64.0 Å². The van der Waals surface area contributed by atoms with Gasteiger partial charge in [0.2, 0.25) is 0 Å². The average molecular weight is 524 g/mol. The van der Waals surface area contributed by atoms with E-state index in [2.05, 4.69) is 26.1 Å². The number of carbonyl (C=O) groups is 1. The molecule has 4 aromatic rings. The first-order valence-electron chi connectivity index (χ1n) is 11.7. The van der Waals surface area contributed by atoms with Crippen molar-refractivity contribution in [2.24, 2.45) is 0 Å². The molecule has 0 spiro atoms. The predicted octanol–water partition coefficient (Wildman–Crippen LogP) is 5.46. The Balaban J connectivity index is 1.37. The molecule has 2 amide bonds. The Morgan fingerprint density at radius 1 is 1.11 bits per heavy atom. The van der Waals surface area contributed by atoms with Crippen LogP contribution < -0.4 is 15.4 Å². The van der Waals surface area contributed by atoms with Gasteiger partial charge in [-0.05, 0) is 38.4 Å². The molecule has 37 heavy (non-hydrogen) atoms. The summed E-state index contributed by atoms with van der Waals surface area (Å²) in [5.74, 6) is 1.73. The molecule has 0 aliphatic rings. The molecule has 0 aliphatic carbocycles. The fourth-order valence-corrected chi connectivity index (χ4v) is 3.57. The third-order valence-electron chi connectivity index (χ3n) is 5.40. The van der Waals surface area contributed by atoms with Gasteiger partial charge in [0.1, 0.15) is 23.8 Å². The summed E-state index contributed by atoms with van der Waals surface area (Å²) >= 11 is 6.48. The van der Waals surface area contributed by atoms with E-state index in [-0.39, 0.29) is 5.41 Å². The minimum Gasteiger partial charge on any atom is -0.492 e. The summed E-state index contributed by atoms with van der Waals surface area (Å²) < 4.78 is 12.6. The van der Waals surface area contributed by atoms with Crippen LogP contribution in [0.15, 0.2) is 59.3 Å². The largest absolute Gasteiger partial charge is 0.492 e. The van der Waals surface area contributed by atoms with Crippen LogP contribution in [0.4, 0.5) is 16.3 Å². The van der Waals surface area contributed by atoms with Crippen LogP contribution in [0.1, 0.15) is 26.5 Å². The van der Waals surface area contributed by atoms with Gasteiger partial charge in [-0.1, -0.05) is 54.9 Å². The van der Waals surface area contributed by atoms with Crippen LogP contribution in [0, 0.1) is 0 Å². The maximum absolute atomic E-state index is 12.3. The van der Waals surface area contributed by atoms with Gasteiger partial charge < -0.3 is 19.5 Å². The van der Waals surface area contributed by atoms with E-state index in [0.29, 0.717) is 46.0 Å². The summed E-state index contributed by atoms with van der Waals surface area (Å²) in [6, 6.07) is 14.0. The number of aromatic nitrogens is 4. The zero-order chi connectivity index (χ0) is 26.6. The molecule has 2 heterocycles. The van der Waals surface area contributed by atoms with Crippen LogP contribution in [0.2, 0.25) is 5.02 Å². The van der Waals surface area contributed by atoms with Crippen molar-refractivity contribution in [3.05, 3.63) is 65.5 Å². The first kappa shape index (κ1) is 26.2. The first-order valence-corrected chi connectivity index (χ1v) is 12.1. The number of hydrogen-bond donors (Lipinski definition) is 2. The number of urea groups is 1. The van der Waals surface area contributed by atoms with Crippen molar-refractivity contribution < 1.29 is 14.1 Å². The Hall–Kier alpha value is -3.89. The number of halogens is 1. The molecule has 0 radical (unpaired) electrons. The van der Waals surface area contributed by atoms with E-state index in [0.717, 1.165) is 12.1 Å².